The van der Waals surface area contributed by atoms with E-state index in [0.29, 0.717) is 10.7 Å². The van der Waals surface area contributed by atoms with Gasteiger partial charge in [0.2, 0.25) is 5.91 Å². The molecule has 1 amide bonds. The molecule has 2 aliphatic heterocycles. The van der Waals surface area contributed by atoms with E-state index in [4.69, 9.17) is 16.7 Å². The maximum Gasteiger partial charge on any atom is 0.308 e. The zero-order valence-corrected chi connectivity index (χ0v) is 13.1. The fourth-order valence-electron chi connectivity index (χ4n) is 3.18. The Balaban J connectivity index is 1.80. The predicted octanol–water partition coefficient (Wildman–Crippen LogP) is 2.77. The van der Waals surface area contributed by atoms with Gasteiger partial charge < -0.3 is 14.9 Å². The summed E-state index contributed by atoms with van der Waals surface area (Å²) >= 11 is 6.39. The predicted molar refractivity (Wildman–Crippen MR) is 85.6 cm³/mol. The molecule has 1 N–H and O–H groups in total. The van der Waals surface area contributed by atoms with Crippen molar-refractivity contribution < 1.29 is 14.7 Å². The average molecular weight is 323 g/mol. The Morgan fingerprint density at radius 2 is 1.95 bits per heavy atom. The highest BCUT2D eigenvalue weighted by Crippen LogP contribution is 2.34. The molecule has 0 radical (unpaired) electrons. The van der Waals surface area contributed by atoms with Crippen molar-refractivity contribution in [3.8, 4) is 0 Å². The number of carboxylic acid groups (broad SMARTS) is 1. The second kappa shape index (κ2) is 6.16. The Labute approximate surface area is 134 Å². The van der Waals surface area contributed by atoms with Crippen LogP contribution < -0.4 is 9.80 Å². The maximum atomic E-state index is 12.0. The molecule has 1 aromatic rings. The highest BCUT2D eigenvalue weighted by atomic mass is 35.5. The van der Waals surface area contributed by atoms with E-state index in [-0.39, 0.29) is 18.9 Å². The number of carbonyl (C=O) groups excluding carboxylic acids is 1. The smallest absolute Gasteiger partial charge is 0.308 e. The number of rotatable bonds is 3. The van der Waals surface area contributed by atoms with Gasteiger partial charge in [-0.05, 0) is 37.5 Å². The van der Waals surface area contributed by atoms with Crippen molar-refractivity contribution in [3.63, 3.8) is 0 Å². The molecular weight excluding hydrogens is 304 g/mol. The van der Waals surface area contributed by atoms with Gasteiger partial charge in [-0.1, -0.05) is 11.6 Å². The Morgan fingerprint density at radius 1 is 1.23 bits per heavy atom. The zero-order chi connectivity index (χ0) is 15.7. The number of hydrogen-bond acceptors (Lipinski definition) is 3. The molecule has 2 heterocycles. The summed E-state index contributed by atoms with van der Waals surface area (Å²) in [5, 5.41) is 9.67. The molecule has 118 valence electrons. The van der Waals surface area contributed by atoms with Gasteiger partial charge in [0.1, 0.15) is 0 Å². The molecule has 2 aliphatic rings. The van der Waals surface area contributed by atoms with Gasteiger partial charge in [0, 0.05) is 31.7 Å². The van der Waals surface area contributed by atoms with Gasteiger partial charge in [0.25, 0.3) is 0 Å². The van der Waals surface area contributed by atoms with Gasteiger partial charge in [-0.3, -0.25) is 9.59 Å². The molecule has 2 saturated heterocycles. The summed E-state index contributed by atoms with van der Waals surface area (Å²) in [5.41, 5.74) is 1.67. The van der Waals surface area contributed by atoms with E-state index < -0.39 is 11.9 Å². The van der Waals surface area contributed by atoms with Gasteiger partial charge in [-0.15, -0.1) is 0 Å². The van der Waals surface area contributed by atoms with Crippen LogP contribution in [0.25, 0.3) is 0 Å². The van der Waals surface area contributed by atoms with Crippen molar-refractivity contribution in [2.45, 2.75) is 25.7 Å². The van der Waals surface area contributed by atoms with Crippen LogP contribution in [-0.2, 0) is 9.59 Å². The van der Waals surface area contributed by atoms with Gasteiger partial charge in [-0.25, -0.2) is 0 Å². The molecule has 1 unspecified atom stereocenters. The Morgan fingerprint density at radius 3 is 2.55 bits per heavy atom. The fraction of sp³-hybridized carbons (Fsp3) is 0.500. The van der Waals surface area contributed by atoms with Gasteiger partial charge in [0.15, 0.2) is 0 Å². The van der Waals surface area contributed by atoms with E-state index in [1.807, 2.05) is 12.1 Å². The van der Waals surface area contributed by atoms with Crippen molar-refractivity contribution in [1.82, 2.24) is 0 Å². The molecule has 0 saturated carbocycles. The summed E-state index contributed by atoms with van der Waals surface area (Å²) in [6.45, 7) is 2.22. The van der Waals surface area contributed by atoms with Crippen molar-refractivity contribution in [2.24, 2.45) is 5.92 Å². The normalized spacial score (nSPS) is 22.2. The second-order valence-corrected chi connectivity index (χ2v) is 6.33. The van der Waals surface area contributed by atoms with Crippen LogP contribution in [0.2, 0.25) is 5.02 Å². The summed E-state index contributed by atoms with van der Waals surface area (Å²) in [4.78, 5) is 26.8. The number of nitrogens with zero attached hydrogens (tertiary/aromatic N) is 2. The number of carboxylic acids is 1. The number of piperidine rings is 1. The summed E-state index contributed by atoms with van der Waals surface area (Å²) in [6, 6.07) is 5.57. The lowest BCUT2D eigenvalue weighted by Crippen LogP contribution is -2.30. The van der Waals surface area contributed by atoms with Crippen molar-refractivity contribution in [3.05, 3.63) is 23.2 Å². The third kappa shape index (κ3) is 2.90. The Bertz CT molecular complexity index is 599. The lowest BCUT2D eigenvalue weighted by Gasteiger charge is -2.30. The Kier molecular flexibility index (Phi) is 4.25. The fourth-order valence-corrected chi connectivity index (χ4v) is 3.47. The number of hydrogen-bond donors (Lipinski definition) is 1. The summed E-state index contributed by atoms with van der Waals surface area (Å²) in [6.07, 6.45) is 3.65. The molecule has 0 spiro atoms. The third-order valence-corrected chi connectivity index (χ3v) is 4.72. The van der Waals surface area contributed by atoms with Crippen molar-refractivity contribution in [1.29, 1.82) is 0 Å². The number of halogens is 1. The number of anilines is 2. The highest BCUT2D eigenvalue weighted by Gasteiger charge is 2.35. The SMILES string of the molecule is O=C(O)C1CC(=O)N(c2ccc(N3CCCCC3)c(Cl)c2)C1. The van der Waals surface area contributed by atoms with E-state index in [2.05, 4.69) is 4.90 Å². The lowest BCUT2D eigenvalue weighted by atomic mass is 10.1. The molecule has 22 heavy (non-hydrogen) atoms. The minimum absolute atomic E-state index is 0.0564. The van der Waals surface area contributed by atoms with Crippen LogP contribution in [0.5, 0.6) is 0 Å². The number of benzene rings is 1. The minimum Gasteiger partial charge on any atom is -0.481 e. The average Bonchev–Trinajstić information content (AvgIpc) is 2.90. The van der Waals surface area contributed by atoms with Crippen LogP contribution in [0.15, 0.2) is 18.2 Å². The van der Waals surface area contributed by atoms with Crippen molar-refractivity contribution in [2.75, 3.05) is 29.4 Å². The van der Waals surface area contributed by atoms with E-state index >= 15 is 0 Å². The molecule has 0 aromatic heterocycles. The lowest BCUT2D eigenvalue weighted by molar-refractivity contribution is -0.141. The van der Waals surface area contributed by atoms with E-state index in [1.165, 1.54) is 24.2 Å². The quantitative estimate of drug-likeness (QED) is 0.929. The number of carbonyl (C=O) groups is 2. The first-order valence-corrected chi connectivity index (χ1v) is 8.02. The van der Waals surface area contributed by atoms with Gasteiger partial charge in [-0.2, -0.15) is 0 Å². The third-order valence-electron chi connectivity index (χ3n) is 4.41. The first-order valence-electron chi connectivity index (χ1n) is 7.64. The largest absolute Gasteiger partial charge is 0.481 e. The van der Waals surface area contributed by atoms with Gasteiger partial charge >= 0.3 is 5.97 Å². The summed E-state index contributed by atoms with van der Waals surface area (Å²) < 4.78 is 0. The van der Waals surface area contributed by atoms with Crippen LogP contribution in [0.3, 0.4) is 0 Å². The molecule has 3 rings (SSSR count). The topological polar surface area (TPSA) is 60.9 Å². The summed E-state index contributed by atoms with van der Waals surface area (Å²) in [7, 11) is 0. The first kappa shape index (κ1) is 15.2. The molecule has 2 fully saturated rings. The van der Waals surface area contributed by atoms with E-state index in [9.17, 15) is 9.59 Å². The molecule has 1 aromatic carbocycles. The van der Waals surface area contributed by atoms with Crippen LogP contribution in [0.4, 0.5) is 11.4 Å². The molecule has 1 atom stereocenters. The molecule has 0 bridgehead atoms. The van der Waals surface area contributed by atoms with Crippen LogP contribution >= 0.6 is 11.6 Å². The number of aliphatic carboxylic acids is 1. The van der Waals surface area contributed by atoms with Crippen LogP contribution in [-0.4, -0.2) is 36.6 Å². The summed E-state index contributed by atoms with van der Waals surface area (Å²) in [5.74, 6) is -1.71. The van der Waals surface area contributed by atoms with Crippen molar-refractivity contribution >= 4 is 34.9 Å². The second-order valence-electron chi connectivity index (χ2n) is 5.93. The molecule has 0 aliphatic carbocycles. The first-order chi connectivity index (χ1) is 10.6. The monoisotopic (exact) mass is 322 g/mol. The van der Waals surface area contributed by atoms with E-state index in [0.717, 1.165) is 18.8 Å². The zero-order valence-electron chi connectivity index (χ0n) is 12.3. The minimum atomic E-state index is -0.924. The molecule has 6 heteroatoms. The molecule has 5 nitrogen and oxygen atoms in total. The van der Waals surface area contributed by atoms with Gasteiger partial charge in [0.05, 0.1) is 16.6 Å². The van der Waals surface area contributed by atoms with Crippen LogP contribution in [0, 0.1) is 5.92 Å². The standard InChI is InChI=1S/C16H19ClN2O3/c17-13-9-12(19-10-11(16(21)22)8-15(19)20)4-5-14(13)18-6-2-1-3-7-18/h4-5,9,11H,1-3,6-8,10H2,(H,21,22). The van der Waals surface area contributed by atoms with Crippen LogP contribution in [0.1, 0.15) is 25.7 Å². The van der Waals surface area contributed by atoms with E-state index in [1.54, 1.807) is 6.07 Å². The number of amides is 1. The molecular formula is C16H19ClN2O3. The Hall–Kier alpha value is -1.75. The maximum absolute atomic E-state index is 12.0. The highest BCUT2D eigenvalue weighted by molar-refractivity contribution is 6.33.